The summed E-state index contributed by atoms with van der Waals surface area (Å²) in [6.45, 7) is 3.63. The molecule has 0 spiro atoms. The average Bonchev–Trinajstić information content (AvgIpc) is 3.49. The topological polar surface area (TPSA) is 95.3 Å². The summed E-state index contributed by atoms with van der Waals surface area (Å²) in [7, 11) is 0. The number of nitrogens with one attached hydrogen (secondary N) is 1. The molecule has 4 heterocycles. The lowest BCUT2D eigenvalue weighted by molar-refractivity contribution is -0.113. The number of carbonyl (C=O) groups excluding carboxylic acids is 1. The number of aromatic nitrogens is 3. The Morgan fingerprint density at radius 3 is 2.94 bits per heavy atom. The number of ether oxygens (including phenoxy) is 2. The summed E-state index contributed by atoms with van der Waals surface area (Å²) in [5.41, 5.74) is 1.21. The Kier molecular flexibility index (Phi) is 6.80. The van der Waals surface area contributed by atoms with E-state index in [0.29, 0.717) is 40.8 Å². The van der Waals surface area contributed by atoms with Gasteiger partial charge in [-0.1, -0.05) is 11.8 Å². The maximum absolute atomic E-state index is 13.5. The first-order chi connectivity index (χ1) is 16.6. The van der Waals surface area contributed by atoms with E-state index in [9.17, 15) is 9.59 Å². The van der Waals surface area contributed by atoms with Crippen molar-refractivity contribution >= 4 is 55.1 Å². The van der Waals surface area contributed by atoms with Crippen molar-refractivity contribution in [2.75, 3.05) is 24.3 Å². The van der Waals surface area contributed by atoms with Gasteiger partial charge in [-0.15, -0.1) is 11.3 Å². The molecule has 1 atom stereocenters. The molecular formula is C24H24N4O4S2. The van der Waals surface area contributed by atoms with Crippen LogP contribution in [0.4, 0.5) is 5.69 Å². The third-order valence-electron chi connectivity index (χ3n) is 5.51. The van der Waals surface area contributed by atoms with Crippen LogP contribution in [0.1, 0.15) is 19.8 Å². The van der Waals surface area contributed by atoms with Crippen molar-refractivity contribution in [3.8, 4) is 5.75 Å². The van der Waals surface area contributed by atoms with E-state index >= 15 is 0 Å². The van der Waals surface area contributed by atoms with Gasteiger partial charge in [0.15, 0.2) is 5.16 Å². The van der Waals surface area contributed by atoms with Crippen LogP contribution >= 0.6 is 23.1 Å². The first-order valence-electron chi connectivity index (χ1n) is 11.2. The van der Waals surface area contributed by atoms with E-state index in [-0.39, 0.29) is 23.3 Å². The highest BCUT2D eigenvalue weighted by atomic mass is 32.2. The summed E-state index contributed by atoms with van der Waals surface area (Å²) in [6, 6.07) is 11.0. The molecule has 176 valence electrons. The van der Waals surface area contributed by atoms with Crippen molar-refractivity contribution in [3.05, 3.63) is 52.9 Å². The van der Waals surface area contributed by atoms with Crippen LogP contribution in [-0.4, -0.2) is 45.5 Å². The minimum atomic E-state index is -0.177. The molecule has 5 rings (SSSR count). The average molecular weight is 497 g/mol. The van der Waals surface area contributed by atoms with Crippen LogP contribution in [0.5, 0.6) is 5.75 Å². The van der Waals surface area contributed by atoms with Crippen LogP contribution in [0.25, 0.3) is 20.4 Å². The molecule has 1 N–H and O–H groups in total. The Morgan fingerprint density at radius 1 is 1.32 bits per heavy atom. The number of carbonyl (C=O) groups is 1. The lowest BCUT2D eigenvalue weighted by Gasteiger charge is -2.15. The molecule has 1 aromatic carbocycles. The molecular weight excluding hydrogens is 472 g/mol. The summed E-state index contributed by atoms with van der Waals surface area (Å²) >= 11 is 2.61. The molecule has 3 aromatic heterocycles. The molecule has 1 amide bonds. The number of nitrogens with zero attached hydrogens (tertiary/aromatic N) is 3. The van der Waals surface area contributed by atoms with Gasteiger partial charge in [0.2, 0.25) is 5.91 Å². The molecule has 0 bridgehead atoms. The Hall–Kier alpha value is -2.95. The molecule has 4 aromatic rings. The number of fused-ring (bicyclic) bond motifs is 3. The van der Waals surface area contributed by atoms with E-state index in [1.165, 1.54) is 23.1 Å². The number of benzene rings is 1. The largest absolute Gasteiger partial charge is 0.494 e. The van der Waals surface area contributed by atoms with Crippen molar-refractivity contribution in [3.63, 3.8) is 0 Å². The number of anilines is 1. The summed E-state index contributed by atoms with van der Waals surface area (Å²) in [4.78, 5) is 36.1. The highest BCUT2D eigenvalue weighted by Crippen LogP contribution is 2.31. The van der Waals surface area contributed by atoms with E-state index in [4.69, 9.17) is 14.5 Å². The molecule has 0 radical (unpaired) electrons. The first-order valence-corrected chi connectivity index (χ1v) is 13.0. The molecule has 1 fully saturated rings. The van der Waals surface area contributed by atoms with Crippen molar-refractivity contribution in [2.24, 2.45) is 0 Å². The van der Waals surface area contributed by atoms with Crippen LogP contribution in [-0.2, 0) is 16.1 Å². The molecule has 1 aliphatic heterocycles. The van der Waals surface area contributed by atoms with Crippen molar-refractivity contribution in [1.29, 1.82) is 0 Å². The predicted molar refractivity (Wildman–Crippen MR) is 135 cm³/mol. The van der Waals surface area contributed by atoms with E-state index in [0.717, 1.165) is 28.8 Å². The van der Waals surface area contributed by atoms with Crippen LogP contribution in [0, 0.1) is 0 Å². The first kappa shape index (κ1) is 22.8. The fourth-order valence-corrected chi connectivity index (χ4v) is 5.77. The van der Waals surface area contributed by atoms with Crippen molar-refractivity contribution < 1.29 is 14.3 Å². The smallest absolute Gasteiger partial charge is 0.272 e. The monoisotopic (exact) mass is 496 g/mol. The van der Waals surface area contributed by atoms with Crippen LogP contribution in [0.3, 0.4) is 0 Å². The lowest BCUT2D eigenvalue weighted by Crippen LogP contribution is -2.28. The van der Waals surface area contributed by atoms with Gasteiger partial charge in [-0.25, -0.2) is 9.97 Å². The Balaban J connectivity index is 1.40. The predicted octanol–water partition coefficient (Wildman–Crippen LogP) is 4.31. The summed E-state index contributed by atoms with van der Waals surface area (Å²) in [5, 5.41) is 4.25. The van der Waals surface area contributed by atoms with Crippen LogP contribution in [0.15, 0.2) is 52.5 Å². The van der Waals surface area contributed by atoms with Crippen LogP contribution < -0.4 is 15.6 Å². The van der Waals surface area contributed by atoms with Crippen molar-refractivity contribution in [2.45, 2.75) is 37.6 Å². The third-order valence-corrected chi connectivity index (χ3v) is 7.58. The Labute approximate surface area is 204 Å². The van der Waals surface area contributed by atoms with Gasteiger partial charge in [-0.2, -0.15) is 0 Å². The van der Waals surface area contributed by atoms with Crippen LogP contribution in [0.2, 0.25) is 0 Å². The van der Waals surface area contributed by atoms with E-state index in [1.54, 1.807) is 22.9 Å². The van der Waals surface area contributed by atoms with Gasteiger partial charge in [0, 0.05) is 23.9 Å². The summed E-state index contributed by atoms with van der Waals surface area (Å²) in [6.07, 6.45) is 3.57. The number of thioether (sulfide) groups is 1. The summed E-state index contributed by atoms with van der Waals surface area (Å²) in [5.74, 6) is 0.698. The fourth-order valence-electron chi connectivity index (χ4n) is 3.93. The van der Waals surface area contributed by atoms with Crippen molar-refractivity contribution in [1.82, 2.24) is 14.5 Å². The maximum Gasteiger partial charge on any atom is 0.272 e. The number of hydrogen-bond donors (Lipinski definition) is 1. The lowest BCUT2D eigenvalue weighted by atomic mass is 10.2. The number of amides is 1. The van der Waals surface area contributed by atoms with Gasteiger partial charge < -0.3 is 14.8 Å². The number of pyridine rings is 1. The second kappa shape index (κ2) is 10.1. The van der Waals surface area contributed by atoms with Gasteiger partial charge >= 0.3 is 0 Å². The standard InChI is InChI=1S/C24H24N4O4S2/c1-2-31-16-9-7-15(8-10-16)26-19(29)14-33-24-27-20-18-6-3-11-25-22(18)34-21(20)23(30)28(24)13-17-5-4-12-32-17/h3,6-11,17H,2,4-5,12-14H2,1H3,(H,26,29)/t17-/m0/s1. The zero-order valence-corrected chi connectivity index (χ0v) is 20.3. The van der Waals surface area contributed by atoms with Gasteiger partial charge in [0.05, 0.1) is 30.5 Å². The Morgan fingerprint density at radius 2 is 2.18 bits per heavy atom. The van der Waals surface area contributed by atoms with Gasteiger partial charge in [0.25, 0.3) is 5.56 Å². The molecule has 0 saturated carbocycles. The number of hydrogen-bond acceptors (Lipinski definition) is 8. The third kappa shape index (κ3) is 4.79. The Bertz CT molecular complexity index is 1380. The molecule has 8 nitrogen and oxygen atoms in total. The second-order valence-corrected chi connectivity index (χ2v) is 9.82. The molecule has 10 heteroatoms. The zero-order valence-electron chi connectivity index (χ0n) is 18.7. The highest BCUT2D eigenvalue weighted by Gasteiger charge is 2.22. The van der Waals surface area contributed by atoms with Gasteiger partial charge in [-0.05, 0) is 56.2 Å². The molecule has 34 heavy (non-hydrogen) atoms. The number of rotatable bonds is 8. The molecule has 1 saturated heterocycles. The molecule has 0 unspecified atom stereocenters. The fraction of sp³-hybridized carbons (Fsp3) is 0.333. The summed E-state index contributed by atoms with van der Waals surface area (Å²) < 4.78 is 13.4. The highest BCUT2D eigenvalue weighted by molar-refractivity contribution is 7.99. The normalized spacial score (nSPS) is 15.7. The van der Waals surface area contributed by atoms with E-state index in [2.05, 4.69) is 10.3 Å². The molecule has 1 aliphatic rings. The zero-order chi connectivity index (χ0) is 23.5. The maximum atomic E-state index is 13.5. The number of thiophene rings is 1. The van der Waals surface area contributed by atoms with Gasteiger partial charge in [0.1, 0.15) is 15.3 Å². The second-order valence-electron chi connectivity index (χ2n) is 7.88. The minimum Gasteiger partial charge on any atom is -0.494 e. The minimum absolute atomic E-state index is 0.0264. The molecule has 0 aliphatic carbocycles. The SMILES string of the molecule is CCOc1ccc(NC(=O)CSc2nc3c(sc4ncccc43)c(=O)n2C[C@@H]2CCCO2)cc1. The van der Waals surface area contributed by atoms with Gasteiger partial charge in [-0.3, -0.25) is 14.2 Å². The quantitative estimate of drug-likeness (QED) is 0.287. The van der Waals surface area contributed by atoms with E-state index < -0.39 is 0 Å². The van der Waals surface area contributed by atoms with E-state index in [1.807, 2.05) is 31.2 Å².